The molecule has 0 atom stereocenters. The molecular formula is C13H13NOS. The molecule has 0 unspecified atom stereocenters. The number of rotatable bonds is 3. The maximum absolute atomic E-state index is 11.7. The third-order valence-corrected chi connectivity index (χ3v) is 3.09. The SMILES string of the molecule is CCc1ccc(NC(=O)c2ccsc2)cc1. The van der Waals surface area contributed by atoms with Gasteiger partial charge in [0.05, 0.1) is 5.56 Å². The molecule has 3 heteroatoms. The Labute approximate surface area is 98.9 Å². The number of aryl methyl sites for hydroxylation is 1. The topological polar surface area (TPSA) is 29.1 Å². The minimum Gasteiger partial charge on any atom is -0.322 e. The normalized spacial score (nSPS) is 10.1. The van der Waals surface area contributed by atoms with Gasteiger partial charge < -0.3 is 5.32 Å². The first-order valence-corrected chi connectivity index (χ1v) is 6.16. The van der Waals surface area contributed by atoms with E-state index in [1.54, 1.807) is 0 Å². The molecule has 16 heavy (non-hydrogen) atoms. The maximum atomic E-state index is 11.7. The van der Waals surface area contributed by atoms with Crippen molar-refractivity contribution in [1.82, 2.24) is 0 Å². The third-order valence-electron chi connectivity index (χ3n) is 2.40. The van der Waals surface area contributed by atoms with Crippen molar-refractivity contribution in [2.45, 2.75) is 13.3 Å². The zero-order chi connectivity index (χ0) is 11.4. The lowest BCUT2D eigenvalue weighted by molar-refractivity contribution is 0.102. The molecule has 0 saturated heterocycles. The van der Waals surface area contributed by atoms with Gasteiger partial charge in [-0.2, -0.15) is 11.3 Å². The fraction of sp³-hybridized carbons (Fsp3) is 0.154. The highest BCUT2D eigenvalue weighted by atomic mass is 32.1. The van der Waals surface area contributed by atoms with E-state index >= 15 is 0 Å². The molecule has 2 aromatic rings. The first-order chi connectivity index (χ1) is 7.79. The van der Waals surface area contributed by atoms with Crippen LogP contribution in [0.1, 0.15) is 22.8 Å². The lowest BCUT2D eigenvalue weighted by Crippen LogP contribution is -2.10. The molecule has 0 aliphatic carbocycles. The smallest absolute Gasteiger partial charge is 0.256 e. The molecule has 0 aliphatic heterocycles. The molecule has 82 valence electrons. The molecule has 0 spiro atoms. The predicted octanol–water partition coefficient (Wildman–Crippen LogP) is 3.56. The van der Waals surface area contributed by atoms with Gasteiger partial charge in [0.1, 0.15) is 0 Å². The summed E-state index contributed by atoms with van der Waals surface area (Å²) in [5.41, 5.74) is 2.83. The van der Waals surface area contributed by atoms with E-state index in [2.05, 4.69) is 12.2 Å². The average Bonchev–Trinajstić information content (AvgIpc) is 2.83. The number of thiophene rings is 1. The zero-order valence-corrected chi connectivity index (χ0v) is 9.88. The van der Waals surface area contributed by atoms with Gasteiger partial charge in [0.15, 0.2) is 0 Å². The van der Waals surface area contributed by atoms with Crippen molar-refractivity contribution in [3.8, 4) is 0 Å². The van der Waals surface area contributed by atoms with E-state index in [1.165, 1.54) is 16.9 Å². The summed E-state index contributed by atoms with van der Waals surface area (Å²) in [5, 5.41) is 6.60. The van der Waals surface area contributed by atoms with Crippen molar-refractivity contribution in [2.24, 2.45) is 0 Å². The number of hydrogen-bond acceptors (Lipinski definition) is 2. The molecule has 1 N–H and O–H groups in total. The number of hydrogen-bond donors (Lipinski definition) is 1. The molecule has 1 amide bonds. The number of carbonyl (C=O) groups is 1. The molecule has 2 rings (SSSR count). The molecule has 0 fully saturated rings. The van der Waals surface area contributed by atoms with E-state index in [9.17, 15) is 4.79 Å². The average molecular weight is 231 g/mol. The van der Waals surface area contributed by atoms with Crippen LogP contribution in [0.15, 0.2) is 41.1 Å². The summed E-state index contributed by atoms with van der Waals surface area (Å²) in [6.45, 7) is 2.11. The van der Waals surface area contributed by atoms with Gasteiger partial charge in [-0.05, 0) is 35.6 Å². The highest BCUT2D eigenvalue weighted by Crippen LogP contribution is 2.13. The molecule has 1 aromatic heterocycles. The van der Waals surface area contributed by atoms with Crippen LogP contribution in [-0.4, -0.2) is 5.91 Å². The quantitative estimate of drug-likeness (QED) is 0.859. The molecule has 0 bridgehead atoms. The summed E-state index contributed by atoms with van der Waals surface area (Å²) < 4.78 is 0. The van der Waals surface area contributed by atoms with Crippen LogP contribution < -0.4 is 5.32 Å². The summed E-state index contributed by atoms with van der Waals surface area (Å²) in [6, 6.07) is 9.75. The molecule has 0 aliphatic rings. The Kier molecular flexibility index (Phi) is 3.37. The van der Waals surface area contributed by atoms with Gasteiger partial charge in [-0.1, -0.05) is 19.1 Å². The minimum atomic E-state index is -0.0505. The summed E-state index contributed by atoms with van der Waals surface area (Å²) in [6.07, 6.45) is 1.01. The van der Waals surface area contributed by atoms with Gasteiger partial charge >= 0.3 is 0 Å². The Morgan fingerprint density at radius 1 is 1.25 bits per heavy atom. The second-order valence-electron chi connectivity index (χ2n) is 3.52. The van der Waals surface area contributed by atoms with Crippen LogP contribution >= 0.6 is 11.3 Å². The van der Waals surface area contributed by atoms with Crippen LogP contribution in [0.25, 0.3) is 0 Å². The number of carbonyl (C=O) groups excluding carboxylic acids is 1. The van der Waals surface area contributed by atoms with E-state index < -0.39 is 0 Å². The van der Waals surface area contributed by atoms with E-state index in [0.717, 1.165) is 12.1 Å². The Balaban J connectivity index is 2.06. The number of amides is 1. The largest absolute Gasteiger partial charge is 0.322 e. The molecule has 0 radical (unpaired) electrons. The standard InChI is InChI=1S/C13H13NOS/c1-2-10-3-5-12(6-4-10)14-13(15)11-7-8-16-9-11/h3-9H,2H2,1H3,(H,14,15). The van der Waals surface area contributed by atoms with Gasteiger partial charge in [0.25, 0.3) is 5.91 Å². The van der Waals surface area contributed by atoms with Crippen LogP contribution in [0.2, 0.25) is 0 Å². The third kappa shape index (κ3) is 2.49. The van der Waals surface area contributed by atoms with Crippen LogP contribution in [-0.2, 0) is 6.42 Å². The first-order valence-electron chi connectivity index (χ1n) is 5.22. The Bertz CT molecular complexity index is 459. The second kappa shape index (κ2) is 4.94. The maximum Gasteiger partial charge on any atom is 0.256 e. The number of benzene rings is 1. The van der Waals surface area contributed by atoms with Crippen LogP contribution in [0.4, 0.5) is 5.69 Å². The fourth-order valence-electron chi connectivity index (χ4n) is 1.42. The van der Waals surface area contributed by atoms with Gasteiger partial charge in [-0.15, -0.1) is 0 Å². The van der Waals surface area contributed by atoms with Crippen molar-refractivity contribution in [1.29, 1.82) is 0 Å². The Hall–Kier alpha value is -1.61. The van der Waals surface area contributed by atoms with Crippen molar-refractivity contribution < 1.29 is 4.79 Å². The zero-order valence-electron chi connectivity index (χ0n) is 9.07. The minimum absolute atomic E-state index is 0.0505. The molecule has 1 aromatic carbocycles. The van der Waals surface area contributed by atoms with E-state index in [0.29, 0.717) is 5.56 Å². The Morgan fingerprint density at radius 3 is 2.56 bits per heavy atom. The summed E-state index contributed by atoms with van der Waals surface area (Å²) >= 11 is 1.52. The molecular weight excluding hydrogens is 218 g/mol. The summed E-state index contributed by atoms with van der Waals surface area (Å²) in [5.74, 6) is -0.0505. The molecule has 0 saturated carbocycles. The van der Waals surface area contributed by atoms with Crippen molar-refractivity contribution in [3.05, 3.63) is 52.2 Å². The van der Waals surface area contributed by atoms with E-state index in [1.807, 2.05) is 41.1 Å². The van der Waals surface area contributed by atoms with Gasteiger partial charge in [0, 0.05) is 11.1 Å². The number of anilines is 1. The first kappa shape index (κ1) is 10.9. The molecule has 1 heterocycles. The van der Waals surface area contributed by atoms with Gasteiger partial charge in [0.2, 0.25) is 0 Å². The highest BCUT2D eigenvalue weighted by Gasteiger charge is 2.05. The summed E-state index contributed by atoms with van der Waals surface area (Å²) in [4.78, 5) is 11.7. The van der Waals surface area contributed by atoms with Gasteiger partial charge in [-0.3, -0.25) is 4.79 Å². The number of nitrogens with one attached hydrogen (secondary N) is 1. The second-order valence-corrected chi connectivity index (χ2v) is 4.30. The highest BCUT2D eigenvalue weighted by molar-refractivity contribution is 7.08. The molecule has 2 nitrogen and oxygen atoms in total. The van der Waals surface area contributed by atoms with E-state index in [4.69, 9.17) is 0 Å². The van der Waals surface area contributed by atoms with E-state index in [-0.39, 0.29) is 5.91 Å². The fourth-order valence-corrected chi connectivity index (χ4v) is 2.06. The lowest BCUT2D eigenvalue weighted by atomic mass is 10.1. The predicted molar refractivity (Wildman–Crippen MR) is 68.1 cm³/mol. The van der Waals surface area contributed by atoms with Crippen molar-refractivity contribution in [2.75, 3.05) is 5.32 Å². The van der Waals surface area contributed by atoms with Crippen molar-refractivity contribution in [3.63, 3.8) is 0 Å². The lowest BCUT2D eigenvalue weighted by Gasteiger charge is -2.04. The van der Waals surface area contributed by atoms with Gasteiger partial charge in [-0.25, -0.2) is 0 Å². The van der Waals surface area contributed by atoms with Crippen LogP contribution in [0, 0.1) is 0 Å². The monoisotopic (exact) mass is 231 g/mol. The Morgan fingerprint density at radius 2 is 2.00 bits per heavy atom. The van der Waals surface area contributed by atoms with Crippen LogP contribution in [0.5, 0.6) is 0 Å². The van der Waals surface area contributed by atoms with Crippen LogP contribution in [0.3, 0.4) is 0 Å². The van der Waals surface area contributed by atoms with Crippen molar-refractivity contribution >= 4 is 22.9 Å². The summed E-state index contributed by atoms with van der Waals surface area (Å²) in [7, 11) is 0.